The molecule has 5 nitrogen and oxygen atoms in total. The van der Waals surface area contributed by atoms with Gasteiger partial charge in [-0.25, -0.2) is 8.42 Å². The van der Waals surface area contributed by atoms with Crippen molar-refractivity contribution < 1.29 is 8.42 Å². The van der Waals surface area contributed by atoms with Crippen LogP contribution in [0.4, 0.5) is 0 Å². The molecule has 0 unspecified atom stereocenters. The van der Waals surface area contributed by atoms with Crippen molar-refractivity contribution in [1.82, 2.24) is 9.21 Å². The number of nitrogens with zero attached hydrogens (tertiary/aromatic N) is 2. The van der Waals surface area contributed by atoms with Crippen LogP contribution in [0.3, 0.4) is 0 Å². The van der Waals surface area contributed by atoms with E-state index in [1.165, 1.54) is 24.2 Å². The van der Waals surface area contributed by atoms with Gasteiger partial charge < -0.3 is 10.6 Å². The lowest BCUT2D eigenvalue weighted by atomic mass is 10.3. The third-order valence-corrected chi connectivity index (χ3v) is 7.70. The summed E-state index contributed by atoms with van der Waals surface area (Å²) in [6, 6.07) is 0. The highest BCUT2D eigenvalue weighted by Gasteiger charge is 2.33. The fourth-order valence-corrected chi connectivity index (χ4v) is 6.00. The van der Waals surface area contributed by atoms with E-state index in [0.29, 0.717) is 18.0 Å². The van der Waals surface area contributed by atoms with Gasteiger partial charge in [-0.05, 0) is 36.6 Å². The first kappa shape index (κ1) is 15.4. The Morgan fingerprint density at radius 2 is 1.95 bits per heavy atom. The molecule has 0 aromatic carbocycles. The van der Waals surface area contributed by atoms with Crippen LogP contribution in [-0.4, -0.2) is 50.3 Å². The molecule has 1 aromatic rings. The van der Waals surface area contributed by atoms with Crippen LogP contribution in [-0.2, 0) is 16.6 Å². The first-order chi connectivity index (χ1) is 10.0. The molecule has 1 aromatic heterocycles. The van der Waals surface area contributed by atoms with Crippen LogP contribution in [0.1, 0.15) is 23.3 Å². The van der Waals surface area contributed by atoms with E-state index in [4.69, 9.17) is 5.73 Å². The number of piperazine rings is 1. The van der Waals surface area contributed by atoms with Crippen LogP contribution in [0.25, 0.3) is 0 Å². The molecule has 0 spiro atoms. The molecule has 3 rings (SSSR count). The Bertz CT molecular complexity index is 600. The summed E-state index contributed by atoms with van der Waals surface area (Å²) in [5, 5.41) is 1.89. The van der Waals surface area contributed by atoms with Gasteiger partial charge in [0.25, 0.3) is 0 Å². The normalized spacial score (nSPS) is 21.8. The van der Waals surface area contributed by atoms with Crippen LogP contribution in [0.5, 0.6) is 0 Å². The van der Waals surface area contributed by atoms with Crippen molar-refractivity contribution in [2.45, 2.75) is 31.2 Å². The molecule has 2 aliphatic rings. The van der Waals surface area contributed by atoms with Crippen molar-refractivity contribution in [1.29, 1.82) is 0 Å². The van der Waals surface area contributed by atoms with E-state index in [2.05, 4.69) is 4.90 Å². The van der Waals surface area contributed by atoms with Gasteiger partial charge in [0, 0.05) is 44.1 Å². The Morgan fingerprint density at radius 1 is 1.29 bits per heavy atom. The van der Waals surface area contributed by atoms with Gasteiger partial charge in [0.2, 0.25) is 10.0 Å². The number of nitrogens with two attached hydrogens (primary N) is 1. The summed E-state index contributed by atoms with van der Waals surface area (Å²) in [7, 11) is -3.39. The van der Waals surface area contributed by atoms with E-state index < -0.39 is 10.0 Å². The predicted molar refractivity (Wildman–Crippen MR) is 84.9 cm³/mol. The van der Waals surface area contributed by atoms with Gasteiger partial charge in [-0.1, -0.05) is 0 Å². The van der Waals surface area contributed by atoms with E-state index in [0.717, 1.165) is 36.0 Å². The van der Waals surface area contributed by atoms with Gasteiger partial charge in [-0.2, -0.15) is 4.31 Å². The second kappa shape index (κ2) is 5.96. The lowest BCUT2D eigenvalue weighted by Crippen LogP contribution is -2.49. The number of rotatable bonds is 5. The van der Waals surface area contributed by atoms with Crippen molar-refractivity contribution in [3.63, 3.8) is 0 Å². The molecule has 2 N–H and O–H groups in total. The molecule has 21 heavy (non-hydrogen) atoms. The molecule has 2 fully saturated rings. The zero-order valence-corrected chi connectivity index (χ0v) is 14.0. The zero-order chi connectivity index (χ0) is 15.0. The van der Waals surface area contributed by atoms with E-state index >= 15 is 0 Å². The SMILES string of the molecule is Cc1csc(CN)c1S(=O)(=O)N1CCN(CC2CC2)CC1. The van der Waals surface area contributed by atoms with Crippen molar-refractivity contribution in [2.75, 3.05) is 32.7 Å². The minimum Gasteiger partial charge on any atom is -0.326 e. The van der Waals surface area contributed by atoms with Gasteiger partial charge in [0.05, 0.1) is 0 Å². The Morgan fingerprint density at radius 3 is 2.52 bits per heavy atom. The number of hydrogen-bond donors (Lipinski definition) is 1. The standard InChI is InChI=1S/C14H23N3O2S2/c1-11-10-20-13(8-15)14(11)21(18,19)17-6-4-16(5-7-17)9-12-2-3-12/h10,12H,2-9,15H2,1H3. The molecule has 0 atom stereocenters. The quantitative estimate of drug-likeness (QED) is 0.882. The minimum absolute atomic E-state index is 0.286. The van der Waals surface area contributed by atoms with Crippen molar-refractivity contribution >= 4 is 21.4 Å². The van der Waals surface area contributed by atoms with Crippen molar-refractivity contribution in [2.24, 2.45) is 11.7 Å². The lowest BCUT2D eigenvalue weighted by molar-refractivity contribution is 0.182. The Hall–Kier alpha value is -0.470. The maximum Gasteiger partial charge on any atom is 0.244 e. The fraction of sp³-hybridized carbons (Fsp3) is 0.714. The van der Waals surface area contributed by atoms with Crippen LogP contribution >= 0.6 is 11.3 Å². The van der Waals surface area contributed by atoms with Gasteiger partial charge in [0.15, 0.2) is 0 Å². The molecule has 0 amide bonds. The molecule has 1 saturated carbocycles. The molecular weight excluding hydrogens is 306 g/mol. The van der Waals surface area contributed by atoms with Gasteiger partial charge in [-0.3, -0.25) is 0 Å². The third kappa shape index (κ3) is 3.17. The topological polar surface area (TPSA) is 66.6 Å². The van der Waals surface area contributed by atoms with E-state index in [9.17, 15) is 8.42 Å². The van der Waals surface area contributed by atoms with Crippen LogP contribution in [0.2, 0.25) is 0 Å². The van der Waals surface area contributed by atoms with Crippen LogP contribution < -0.4 is 5.73 Å². The number of aryl methyl sites for hydroxylation is 1. The number of thiophene rings is 1. The smallest absolute Gasteiger partial charge is 0.244 e. The summed E-state index contributed by atoms with van der Waals surface area (Å²) in [5.41, 5.74) is 6.51. The fourth-order valence-electron chi connectivity index (χ4n) is 2.92. The summed E-state index contributed by atoms with van der Waals surface area (Å²) in [6.45, 7) is 6.15. The van der Waals surface area contributed by atoms with Crippen molar-refractivity contribution in [3.8, 4) is 0 Å². The molecule has 1 saturated heterocycles. The highest BCUT2D eigenvalue weighted by atomic mass is 32.2. The molecule has 118 valence electrons. The molecule has 1 aliphatic heterocycles. The van der Waals surface area contributed by atoms with E-state index in [1.807, 2.05) is 12.3 Å². The number of sulfonamides is 1. The average molecular weight is 329 g/mol. The minimum atomic E-state index is -3.39. The van der Waals surface area contributed by atoms with E-state index in [-0.39, 0.29) is 6.54 Å². The first-order valence-electron chi connectivity index (χ1n) is 7.52. The summed E-state index contributed by atoms with van der Waals surface area (Å²) < 4.78 is 27.3. The highest BCUT2D eigenvalue weighted by molar-refractivity contribution is 7.89. The Labute approximate surface area is 130 Å². The Kier molecular flexibility index (Phi) is 4.38. The molecular formula is C14H23N3O2S2. The summed E-state index contributed by atoms with van der Waals surface area (Å²) in [6.07, 6.45) is 2.68. The molecule has 0 radical (unpaired) electrons. The third-order valence-electron chi connectivity index (χ3n) is 4.32. The maximum atomic E-state index is 12.8. The van der Waals surface area contributed by atoms with Gasteiger partial charge in [0.1, 0.15) is 4.90 Å². The molecule has 1 aliphatic carbocycles. The van der Waals surface area contributed by atoms with Gasteiger partial charge >= 0.3 is 0 Å². The van der Waals surface area contributed by atoms with Crippen LogP contribution in [0.15, 0.2) is 10.3 Å². The second-order valence-electron chi connectivity index (χ2n) is 6.02. The van der Waals surface area contributed by atoms with Gasteiger partial charge in [-0.15, -0.1) is 11.3 Å². The summed E-state index contributed by atoms with van der Waals surface area (Å²) >= 11 is 1.44. The van der Waals surface area contributed by atoms with Crippen molar-refractivity contribution in [3.05, 3.63) is 15.8 Å². The summed E-state index contributed by atoms with van der Waals surface area (Å²) in [4.78, 5) is 3.62. The number of hydrogen-bond acceptors (Lipinski definition) is 5. The predicted octanol–water partition coefficient (Wildman–Crippen LogP) is 1.23. The lowest BCUT2D eigenvalue weighted by Gasteiger charge is -2.34. The molecule has 7 heteroatoms. The molecule has 2 heterocycles. The zero-order valence-electron chi connectivity index (χ0n) is 12.4. The average Bonchev–Trinajstić information content (AvgIpc) is 3.19. The monoisotopic (exact) mass is 329 g/mol. The van der Waals surface area contributed by atoms with E-state index in [1.54, 1.807) is 4.31 Å². The van der Waals surface area contributed by atoms with Crippen LogP contribution in [0, 0.1) is 12.8 Å². The Balaban J connectivity index is 1.72. The highest BCUT2D eigenvalue weighted by Crippen LogP contribution is 2.32. The maximum absolute atomic E-state index is 12.8. The second-order valence-corrected chi connectivity index (χ2v) is 8.86. The first-order valence-corrected chi connectivity index (χ1v) is 9.84. The summed E-state index contributed by atoms with van der Waals surface area (Å²) in [5.74, 6) is 0.858. The molecule has 0 bridgehead atoms. The largest absolute Gasteiger partial charge is 0.326 e.